The van der Waals surface area contributed by atoms with Crippen LogP contribution in [0.15, 0.2) is 74.6 Å². The molecule has 0 fully saturated rings. The number of aryl methyl sites for hydroxylation is 1. The first-order valence-electron chi connectivity index (χ1n) is 8.74. The van der Waals surface area contributed by atoms with Gasteiger partial charge in [0.1, 0.15) is 6.33 Å². The van der Waals surface area contributed by atoms with E-state index >= 15 is 0 Å². The van der Waals surface area contributed by atoms with Crippen LogP contribution in [0.5, 0.6) is 0 Å². The number of aromatic nitrogens is 4. The van der Waals surface area contributed by atoms with Gasteiger partial charge in [-0.05, 0) is 48.9 Å². The molecule has 4 aromatic rings. The number of carbonyl (C=O) groups is 1. The normalized spacial score (nSPS) is 10.8. The lowest BCUT2D eigenvalue weighted by Crippen LogP contribution is -2.11. The number of H-pyrrole nitrogens is 1. The molecule has 2 N–H and O–H groups in total. The molecule has 6 nitrogen and oxygen atoms in total. The van der Waals surface area contributed by atoms with E-state index in [1.165, 1.54) is 6.33 Å². The summed E-state index contributed by atoms with van der Waals surface area (Å²) in [6, 6.07) is 15.4. The lowest BCUT2D eigenvalue weighted by atomic mass is 10.1. The number of carbonyl (C=O) groups excluding carboxylic acids is 1. The highest BCUT2D eigenvalue weighted by atomic mass is 32.2. The third-order valence-corrected chi connectivity index (χ3v) is 6.91. The minimum absolute atomic E-state index is 0.129. The minimum atomic E-state index is -0.129. The van der Waals surface area contributed by atoms with E-state index in [-0.39, 0.29) is 5.91 Å². The zero-order chi connectivity index (χ0) is 20.1. The van der Waals surface area contributed by atoms with Gasteiger partial charge < -0.3 is 5.32 Å². The van der Waals surface area contributed by atoms with E-state index < -0.39 is 0 Å². The van der Waals surface area contributed by atoms with Crippen molar-refractivity contribution in [2.75, 3.05) is 5.32 Å². The molecular weight excluding hydrogens is 422 g/mol. The highest BCUT2D eigenvalue weighted by Crippen LogP contribution is 2.31. The van der Waals surface area contributed by atoms with Crippen molar-refractivity contribution >= 4 is 46.5 Å². The molecule has 0 saturated heterocycles. The number of hydrogen-bond acceptors (Lipinski definition) is 7. The van der Waals surface area contributed by atoms with Gasteiger partial charge in [0.2, 0.25) is 0 Å². The molecule has 0 unspecified atom stereocenters. The molecule has 0 aliphatic carbocycles. The van der Waals surface area contributed by atoms with Gasteiger partial charge in [0, 0.05) is 33.0 Å². The van der Waals surface area contributed by atoms with Crippen molar-refractivity contribution in [3.05, 3.63) is 77.1 Å². The van der Waals surface area contributed by atoms with Crippen molar-refractivity contribution in [3.63, 3.8) is 0 Å². The summed E-state index contributed by atoms with van der Waals surface area (Å²) in [5, 5.41) is 12.4. The van der Waals surface area contributed by atoms with Crippen molar-refractivity contribution in [2.45, 2.75) is 27.1 Å². The van der Waals surface area contributed by atoms with Gasteiger partial charge in [-0.1, -0.05) is 35.7 Å². The Balaban J connectivity index is 1.32. The van der Waals surface area contributed by atoms with Crippen molar-refractivity contribution in [3.8, 4) is 0 Å². The maximum Gasteiger partial charge on any atom is 0.255 e. The number of benzene rings is 2. The monoisotopic (exact) mass is 439 g/mol. The van der Waals surface area contributed by atoms with E-state index in [0.29, 0.717) is 5.56 Å². The fourth-order valence-corrected chi connectivity index (χ4v) is 5.00. The predicted octanol–water partition coefficient (Wildman–Crippen LogP) is 5.27. The highest BCUT2D eigenvalue weighted by molar-refractivity contribution is 8.01. The first-order valence-corrected chi connectivity index (χ1v) is 11.4. The van der Waals surface area contributed by atoms with Crippen LogP contribution in [0.25, 0.3) is 0 Å². The maximum atomic E-state index is 12.5. The third-order valence-electron chi connectivity index (χ3n) is 3.90. The first-order chi connectivity index (χ1) is 14.2. The number of nitrogens with zero attached hydrogens (tertiary/aromatic N) is 3. The Morgan fingerprint density at radius 1 is 1.14 bits per heavy atom. The number of nitrogens with one attached hydrogen (secondary N) is 2. The number of rotatable bonds is 7. The van der Waals surface area contributed by atoms with Gasteiger partial charge in [0.25, 0.3) is 5.91 Å². The number of thioether (sulfide) groups is 1. The Kier molecular flexibility index (Phi) is 6.28. The number of aromatic amines is 1. The molecule has 2 aromatic heterocycles. The molecule has 0 aliphatic rings. The van der Waals surface area contributed by atoms with Gasteiger partial charge >= 0.3 is 0 Å². The van der Waals surface area contributed by atoms with Gasteiger partial charge in [-0.3, -0.25) is 9.89 Å². The summed E-state index contributed by atoms with van der Waals surface area (Å²) >= 11 is 4.82. The van der Waals surface area contributed by atoms with Crippen molar-refractivity contribution in [1.29, 1.82) is 0 Å². The molecule has 4 rings (SSSR count). The van der Waals surface area contributed by atoms with Crippen LogP contribution in [-0.2, 0) is 5.75 Å². The van der Waals surface area contributed by atoms with Crippen LogP contribution in [0.4, 0.5) is 5.69 Å². The van der Waals surface area contributed by atoms with Crippen molar-refractivity contribution < 1.29 is 4.79 Å². The number of thiazole rings is 1. The summed E-state index contributed by atoms with van der Waals surface area (Å²) in [5.41, 5.74) is 3.53. The van der Waals surface area contributed by atoms with E-state index in [0.717, 1.165) is 37.1 Å². The summed E-state index contributed by atoms with van der Waals surface area (Å²) in [6.07, 6.45) is 1.49. The van der Waals surface area contributed by atoms with E-state index in [9.17, 15) is 4.79 Å². The Hall–Kier alpha value is -2.62. The molecule has 9 heteroatoms. The van der Waals surface area contributed by atoms with Crippen molar-refractivity contribution in [2.24, 2.45) is 0 Å². The topological polar surface area (TPSA) is 83.6 Å². The van der Waals surface area contributed by atoms with Gasteiger partial charge in [-0.2, -0.15) is 5.10 Å². The molecular formula is C20H17N5OS3. The quantitative estimate of drug-likeness (QED) is 0.382. The van der Waals surface area contributed by atoms with E-state index in [2.05, 4.69) is 25.5 Å². The van der Waals surface area contributed by atoms with Crippen LogP contribution in [0.1, 0.15) is 21.6 Å². The van der Waals surface area contributed by atoms with E-state index in [1.54, 1.807) is 34.9 Å². The number of hydrogen-bond donors (Lipinski definition) is 2. The smallest absolute Gasteiger partial charge is 0.255 e. The molecule has 0 spiro atoms. The fraction of sp³-hybridized carbons (Fsp3) is 0.100. The fourth-order valence-electron chi connectivity index (χ4n) is 2.46. The molecule has 1 amide bonds. The van der Waals surface area contributed by atoms with E-state index in [4.69, 9.17) is 0 Å². The molecule has 29 heavy (non-hydrogen) atoms. The lowest BCUT2D eigenvalue weighted by Gasteiger charge is -2.07. The van der Waals surface area contributed by atoms with Gasteiger partial charge in [-0.15, -0.1) is 11.3 Å². The zero-order valence-corrected chi connectivity index (χ0v) is 17.9. The predicted molar refractivity (Wildman–Crippen MR) is 118 cm³/mol. The molecule has 0 atom stereocenters. The Morgan fingerprint density at radius 3 is 2.59 bits per heavy atom. The summed E-state index contributed by atoms with van der Waals surface area (Å²) in [5.74, 6) is 0.630. The van der Waals surface area contributed by atoms with Crippen LogP contribution in [-0.4, -0.2) is 26.1 Å². The summed E-state index contributed by atoms with van der Waals surface area (Å²) in [7, 11) is 0. The maximum absolute atomic E-state index is 12.5. The molecule has 0 aliphatic heterocycles. The van der Waals surface area contributed by atoms with Crippen LogP contribution < -0.4 is 5.32 Å². The summed E-state index contributed by atoms with van der Waals surface area (Å²) < 4.78 is 1.01. The average molecular weight is 440 g/mol. The second-order valence-electron chi connectivity index (χ2n) is 6.11. The average Bonchev–Trinajstić information content (AvgIpc) is 3.40. The van der Waals surface area contributed by atoms with Gasteiger partial charge in [0.15, 0.2) is 9.50 Å². The third kappa shape index (κ3) is 5.47. The summed E-state index contributed by atoms with van der Waals surface area (Å²) in [6.45, 7) is 1.99. The largest absolute Gasteiger partial charge is 0.322 e. The van der Waals surface area contributed by atoms with Gasteiger partial charge in [0.05, 0.1) is 0 Å². The SMILES string of the molecule is Cc1csc(Sc2ccc(NC(=O)c3ccc(CSc4ncn[nH]4)cc3)cc2)n1. The van der Waals surface area contributed by atoms with Crippen LogP contribution in [0.3, 0.4) is 0 Å². The van der Waals surface area contributed by atoms with Crippen LogP contribution in [0, 0.1) is 6.92 Å². The molecule has 0 radical (unpaired) electrons. The molecule has 2 aromatic carbocycles. The number of anilines is 1. The molecule has 146 valence electrons. The Morgan fingerprint density at radius 2 is 1.93 bits per heavy atom. The Bertz CT molecular complexity index is 1080. The number of amides is 1. The highest BCUT2D eigenvalue weighted by Gasteiger charge is 2.08. The Labute approximate surface area is 180 Å². The second kappa shape index (κ2) is 9.25. The van der Waals surface area contributed by atoms with Crippen LogP contribution >= 0.6 is 34.9 Å². The minimum Gasteiger partial charge on any atom is -0.322 e. The van der Waals surface area contributed by atoms with E-state index in [1.807, 2.05) is 60.8 Å². The van der Waals surface area contributed by atoms with Gasteiger partial charge in [-0.25, -0.2) is 9.97 Å². The molecule has 0 bridgehead atoms. The second-order valence-corrected chi connectivity index (χ2v) is 9.25. The van der Waals surface area contributed by atoms with Crippen LogP contribution in [0.2, 0.25) is 0 Å². The molecule has 2 heterocycles. The summed E-state index contributed by atoms with van der Waals surface area (Å²) in [4.78, 5) is 22.1. The lowest BCUT2D eigenvalue weighted by molar-refractivity contribution is 0.102. The van der Waals surface area contributed by atoms with Crippen molar-refractivity contribution in [1.82, 2.24) is 20.2 Å². The first kappa shape index (κ1) is 19.7. The molecule has 0 saturated carbocycles. The zero-order valence-electron chi connectivity index (χ0n) is 15.5. The standard InChI is InChI=1S/C20H17N5OS3/c1-13-10-28-20(23-13)29-17-8-6-16(7-9-17)24-18(26)15-4-2-14(3-5-15)11-27-19-21-12-22-25-19/h2-10,12H,11H2,1H3,(H,24,26)(H,21,22,25).